The Bertz CT molecular complexity index is 229. The molecule has 0 aliphatic rings. The standard InChI is InChI=1S/C11H19N3O/c1-3-11(5-7-13)14(8-4-6-12)9-10-15-2/h11H,3-5,8-10H2,1-2H3. The number of nitrogens with zero attached hydrogens (tertiary/aromatic N) is 3. The maximum atomic E-state index is 8.69. The molecule has 0 heterocycles. The Morgan fingerprint density at radius 1 is 1.27 bits per heavy atom. The van der Waals surface area contributed by atoms with Gasteiger partial charge < -0.3 is 4.74 Å². The molecule has 0 N–H and O–H groups in total. The minimum atomic E-state index is 0.249. The molecule has 0 rings (SSSR count). The lowest BCUT2D eigenvalue weighted by molar-refractivity contribution is 0.120. The second-order valence-corrected chi connectivity index (χ2v) is 3.36. The molecular formula is C11H19N3O. The maximum Gasteiger partial charge on any atom is 0.0638 e. The van der Waals surface area contributed by atoms with Crippen LogP contribution in [0.5, 0.6) is 0 Å². The minimum absolute atomic E-state index is 0.249. The third kappa shape index (κ3) is 6.06. The second kappa shape index (κ2) is 9.45. The molecule has 0 spiro atoms. The molecule has 4 nitrogen and oxygen atoms in total. The molecule has 4 heteroatoms. The van der Waals surface area contributed by atoms with Gasteiger partial charge >= 0.3 is 0 Å². The first kappa shape index (κ1) is 13.9. The first-order valence-corrected chi connectivity index (χ1v) is 5.27. The Hall–Kier alpha value is -1.10. The fourth-order valence-corrected chi connectivity index (χ4v) is 1.52. The van der Waals surface area contributed by atoms with E-state index in [0.29, 0.717) is 19.4 Å². The molecule has 0 saturated carbocycles. The highest BCUT2D eigenvalue weighted by molar-refractivity contribution is 4.83. The van der Waals surface area contributed by atoms with Crippen LogP contribution in [0.1, 0.15) is 26.2 Å². The second-order valence-electron chi connectivity index (χ2n) is 3.36. The summed E-state index contributed by atoms with van der Waals surface area (Å²) in [6, 6.07) is 4.57. The number of methoxy groups -OCH3 is 1. The van der Waals surface area contributed by atoms with Crippen molar-refractivity contribution in [2.75, 3.05) is 26.8 Å². The Balaban J connectivity index is 4.17. The van der Waals surface area contributed by atoms with E-state index in [0.717, 1.165) is 19.5 Å². The first-order valence-electron chi connectivity index (χ1n) is 5.27. The largest absolute Gasteiger partial charge is 0.383 e. The molecule has 0 radical (unpaired) electrons. The average Bonchev–Trinajstić information content (AvgIpc) is 2.27. The van der Waals surface area contributed by atoms with Gasteiger partial charge in [0.25, 0.3) is 0 Å². The summed E-state index contributed by atoms with van der Waals surface area (Å²) in [5, 5.41) is 17.2. The van der Waals surface area contributed by atoms with Crippen molar-refractivity contribution in [3.63, 3.8) is 0 Å². The molecule has 0 aromatic rings. The van der Waals surface area contributed by atoms with E-state index in [1.54, 1.807) is 7.11 Å². The lowest BCUT2D eigenvalue weighted by Crippen LogP contribution is -2.37. The Labute approximate surface area is 92.0 Å². The molecule has 0 amide bonds. The minimum Gasteiger partial charge on any atom is -0.383 e. The van der Waals surface area contributed by atoms with Gasteiger partial charge in [-0.25, -0.2) is 0 Å². The zero-order valence-electron chi connectivity index (χ0n) is 9.57. The predicted molar refractivity (Wildman–Crippen MR) is 58.0 cm³/mol. The van der Waals surface area contributed by atoms with Gasteiger partial charge in [-0.15, -0.1) is 0 Å². The van der Waals surface area contributed by atoms with Crippen molar-refractivity contribution in [1.29, 1.82) is 10.5 Å². The third-order valence-electron chi connectivity index (χ3n) is 2.41. The molecule has 1 atom stereocenters. The summed E-state index contributed by atoms with van der Waals surface area (Å²) in [7, 11) is 1.66. The summed E-state index contributed by atoms with van der Waals surface area (Å²) < 4.78 is 5.02. The molecule has 1 unspecified atom stereocenters. The van der Waals surface area contributed by atoms with E-state index in [1.165, 1.54) is 0 Å². The summed E-state index contributed by atoms with van der Waals surface area (Å²) in [5.74, 6) is 0. The van der Waals surface area contributed by atoms with Crippen LogP contribution in [0.2, 0.25) is 0 Å². The fourth-order valence-electron chi connectivity index (χ4n) is 1.52. The predicted octanol–water partition coefficient (Wildman–Crippen LogP) is 1.54. The molecule has 0 aliphatic carbocycles. The van der Waals surface area contributed by atoms with Crippen LogP contribution >= 0.6 is 0 Å². The van der Waals surface area contributed by atoms with Crippen LogP contribution in [0.15, 0.2) is 0 Å². The first-order chi connectivity index (χ1) is 7.29. The summed E-state index contributed by atoms with van der Waals surface area (Å²) in [6.07, 6.45) is 1.96. The summed E-state index contributed by atoms with van der Waals surface area (Å²) in [5.41, 5.74) is 0. The van der Waals surface area contributed by atoms with Crippen LogP contribution in [0, 0.1) is 22.7 Å². The summed E-state index contributed by atoms with van der Waals surface area (Å²) in [4.78, 5) is 2.16. The van der Waals surface area contributed by atoms with E-state index in [2.05, 4.69) is 24.0 Å². The number of rotatable bonds is 8. The van der Waals surface area contributed by atoms with Crippen LogP contribution in [0.25, 0.3) is 0 Å². The molecular weight excluding hydrogens is 190 g/mol. The van der Waals surface area contributed by atoms with Gasteiger partial charge in [-0.3, -0.25) is 4.90 Å². The van der Waals surface area contributed by atoms with E-state index in [4.69, 9.17) is 15.3 Å². The van der Waals surface area contributed by atoms with Crippen molar-refractivity contribution in [1.82, 2.24) is 4.90 Å². The zero-order chi connectivity index (χ0) is 11.5. The lowest BCUT2D eigenvalue weighted by Gasteiger charge is -2.28. The monoisotopic (exact) mass is 209 g/mol. The van der Waals surface area contributed by atoms with Crippen LogP contribution in [0.3, 0.4) is 0 Å². The van der Waals surface area contributed by atoms with E-state index in [1.807, 2.05) is 0 Å². The Kier molecular flexibility index (Phi) is 8.76. The summed E-state index contributed by atoms with van der Waals surface area (Å²) >= 11 is 0. The van der Waals surface area contributed by atoms with Gasteiger partial charge in [0.2, 0.25) is 0 Å². The van der Waals surface area contributed by atoms with Crippen LogP contribution < -0.4 is 0 Å². The molecule has 15 heavy (non-hydrogen) atoms. The van der Waals surface area contributed by atoms with E-state index in [9.17, 15) is 0 Å². The summed E-state index contributed by atoms with van der Waals surface area (Å²) in [6.45, 7) is 4.22. The Morgan fingerprint density at radius 3 is 2.47 bits per heavy atom. The van der Waals surface area contributed by atoms with Crippen molar-refractivity contribution in [3.8, 4) is 12.1 Å². The van der Waals surface area contributed by atoms with Crippen LogP contribution in [-0.4, -0.2) is 37.7 Å². The SMILES string of the molecule is CCC(CC#N)N(CCC#N)CCOC. The highest BCUT2D eigenvalue weighted by atomic mass is 16.5. The average molecular weight is 209 g/mol. The van der Waals surface area contributed by atoms with E-state index < -0.39 is 0 Å². The molecule has 0 bridgehead atoms. The highest BCUT2D eigenvalue weighted by Gasteiger charge is 2.15. The fraction of sp³-hybridized carbons (Fsp3) is 0.818. The number of hydrogen-bond acceptors (Lipinski definition) is 4. The quantitative estimate of drug-likeness (QED) is 0.608. The number of hydrogen-bond donors (Lipinski definition) is 0. The van der Waals surface area contributed by atoms with Gasteiger partial charge in [-0.2, -0.15) is 10.5 Å². The van der Waals surface area contributed by atoms with Crippen LogP contribution in [0.4, 0.5) is 0 Å². The van der Waals surface area contributed by atoms with Crippen molar-refractivity contribution < 1.29 is 4.74 Å². The van der Waals surface area contributed by atoms with Gasteiger partial charge in [0.1, 0.15) is 0 Å². The normalized spacial score (nSPS) is 12.1. The smallest absolute Gasteiger partial charge is 0.0638 e. The van der Waals surface area contributed by atoms with Crippen LogP contribution in [-0.2, 0) is 4.74 Å². The third-order valence-corrected chi connectivity index (χ3v) is 2.41. The maximum absolute atomic E-state index is 8.69. The molecule has 0 fully saturated rings. The van der Waals surface area contributed by atoms with Gasteiger partial charge in [-0.1, -0.05) is 6.92 Å². The zero-order valence-corrected chi connectivity index (χ0v) is 9.57. The Morgan fingerprint density at radius 2 is 2.00 bits per heavy atom. The molecule has 0 aliphatic heterocycles. The van der Waals surface area contributed by atoms with Crippen molar-refractivity contribution >= 4 is 0 Å². The van der Waals surface area contributed by atoms with Gasteiger partial charge in [0.15, 0.2) is 0 Å². The van der Waals surface area contributed by atoms with Crippen molar-refractivity contribution in [2.24, 2.45) is 0 Å². The topological polar surface area (TPSA) is 60.0 Å². The van der Waals surface area contributed by atoms with E-state index >= 15 is 0 Å². The van der Waals surface area contributed by atoms with Crippen molar-refractivity contribution in [3.05, 3.63) is 0 Å². The lowest BCUT2D eigenvalue weighted by atomic mass is 10.1. The number of ether oxygens (including phenoxy) is 1. The molecule has 84 valence electrons. The molecule has 0 aromatic carbocycles. The molecule has 0 saturated heterocycles. The van der Waals surface area contributed by atoms with Gasteiger partial charge in [-0.05, 0) is 6.42 Å². The van der Waals surface area contributed by atoms with Crippen molar-refractivity contribution in [2.45, 2.75) is 32.2 Å². The van der Waals surface area contributed by atoms with Gasteiger partial charge in [0, 0.05) is 32.7 Å². The van der Waals surface area contributed by atoms with Gasteiger partial charge in [0.05, 0.1) is 25.2 Å². The number of nitriles is 2. The highest BCUT2D eigenvalue weighted by Crippen LogP contribution is 2.08. The van der Waals surface area contributed by atoms with E-state index in [-0.39, 0.29) is 6.04 Å². The molecule has 0 aromatic heterocycles.